The summed E-state index contributed by atoms with van der Waals surface area (Å²) in [6, 6.07) is 0. The van der Waals surface area contributed by atoms with E-state index in [1.54, 1.807) is 0 Å². The Balaban J connectivity index is 3.17. The molecule has 0 rings (SSSR count). The molecule has 0 bridgehead atoms. The van der Waals surface area contributed by atoms with Crippen molar-refractivity contribution in [2.24, 2.45) is 0 Å². The number of alkyl halides is 3. The van der Waals surface area contributed by atoms with Gasteiger partial charge in [-0.15, -0.1) is 0 Å². The molecule has 0 aliphatic heterocycles. The molecule has 5 heteroatoms. The molecule has 0 fully saturated rings. The summed E-state index contributed by atoms with van der Waals surface area (Å²) >= 11 is 16.1. The third-order valence-electron chi connectivity index (χ3n) is 0.104. The molecule has 0 unspecified atom stereocenters. The van der Waals surface area contributed by atoms with Crippen molar-refractivity contribution in [3.8, 4) is 0 Å². The van der Waals surface area contributed by atoms with Crippen molar-refractivity contribution in [1.82, 2.24) is 0 Å². The Morgan fingerprint density at radius 1 is 1.33 bits per heavy atom. The van der Waals surface area contributed by atoms with Crippen LogP contribution in [0.2, 0.25) is 0 Å². The van der Waals surface area contributed by atoms with Crippen molar-refractivity contribution < 1.29 is 3.10 Å². The Morgan fingerprint density at radius 2 is 1.50 bits per heavy atom. The number of halogens is 3. The summed E-state index contributed by atoms with van der Waals surface area (Å²) in [5.74, 6) is 0. The zero-order valence-electron chi connectivity index (χ0n) is 2.49. The molecular formula is CHCl3OTe. The molecule has 0 saturated carbocycles. The SMILES string of the molecule is ClC(Cl)(Cl)O[TeH]. The molecule has 0 aromatic rings. The molecule has 0 spiro atoms. The van der Waals surface area contributed by atoms with Gasteiger partial charge in [0.1, 0.15) is 0 Å². The fraction of sp³-hybridized carbons (Fsp3) is 1.00. The van der Waals surface area contributed by atoms with Crippen LogP contribution in [0.3, 0.4) is 0 Å². The summed E-state index contributed by atoms with van der Waals surface area (Å²) in [5.41, 5.74) is 0. The molecule has 0 aliphatic rings. The summed E-state index contributed by atoms with van der Waals surface area (Å²) in [6.07, 6.45) is 0. The van der Waals surface area contributed by atoms with Crippen molar-refractivity contribution in [1.29, 1.82) is 0 Å². The van der Waals surface area contributed by atoms with Gasteiger partial charge in [0.05, 0.1) is 0 Å². The van der Waals surface area contributed by atoms with Crippen LogP contribution in [0.25, 0.3) is 0 Å². The molecule has 6 heavy (non-hydrogen) atoms. The van der Waals surface area contributed by atoms with Gasteiger partial charge in [0.15, 0.2) is 0 Å². The quantitative estimate of drug-likeness (QED) is 0.470. The van der Waals surface area contributed by atoms with Gasteiger partial charge in [0, 0.05) is 0 Å². The van der Waals surface area contributed by atoms with Crippen molar-refractivity contribution in [3.05, 3.63) is 0 Å². The first-order valence-electron chi connectivity index (χ1n) is 0.954. The van der Waals surface area contributed by atoms with E-state index in [1.165, 1.54) is 0 Å². The van der Waals surface area contributed by atoms with E-state index in [0.29, 0.717) is 0 Å². The van der Waals surface area contributed by atoms with Crippen LogP contribution in [0.4, 0.5) is 0 Å². The summed E-state index contributed by atoms with van der Waals surface area (Å²) in [4.78, 5) is 0. The summed E-state index contributed by atoms with van der Waals surface area (Å²) in [7, 11) is 0. The summed E-state index contributed by atoms with van der Waals surface area (Å²) < 4.78 is 2.76. The maximum atomic E-state index is 5.04. The van der Waals surface area contributed by atoms with Gasteiger partial charge in [0.2, 0.25) is 0 Å². The third kappa shape index (κ3) is 5.62. The molecule has 38 valence electrons. The van der Waals surface area contributed by atoms with Crippen molar-refractivity contribution in [2.45, 2.75) is 3.98 Å². The predicted molar refractivity (Wildman–Crippen MR) is 28.5 cm³/mol. The van der Waals surface area contributed by atoms with Crippen LogP contribution in [0.1, 0.15) is 0 Å². The standard InChI is InChI=1S/CHCl3OTe/c2-1(3,4)5-6/h6H. The van der Waals surface area contributed by atoms with Crippen molar-refractivity contribution >= 4 is 57.5 Å². The molecule has 0 heterocycles. The molecular weight excluding hydrogens is 262 g/mol. The zero-order valence-corrected chi connectivity index (χ0v) is 7.31. The minimum atomic E-state index is -1.52. The second-order valence-electron chi connectivity index (χ2n) is 0.537. The van der Waals surface area contributed by atoms with Crippen LogP contribution in [-0.4, -0.2) is 26.7 Å². The first-order valence-corrected chi connectivity index (χ1v) is 3.13. The van der Waals surface area contributed by atoms with Gasteiger partial charge < -0.3 is 0 Å². The molecule has 0 amide bonds. The van der Waals surface area contributed by atoms with Crippen molar-refractivity contribution in [2.75, 3.05) is 0 Å². The van der Waals surface area contributed by atoms with Gasteiger partial charge in [-0.2, -0.15) is 0 Å². The maximum absolute atomic E-state index is 5.04. The van der Waals surface area contributed by atoms with Gasteiger partial charge in [-0.3, -0.25) is 0 Å². The van der Waals surface area contributed by atoms with E-state index in [9.17, 15) is 0 Å². The molecule has 0 aliphatic carbocycles. The fourth-order valence-corrected chi connectivity index (χ4v) is 0. The van der Waals surface area contributed by atoms with Crippen LogP contribution in [0.5, 0.6) is 0 Å². The molecule has 0 radical (unpaired) electrons. The van der Waals surface area contributed by atoms with E-state index in [2.05, 4.69) is 3.10 Å². The van der Waals surface area contributed by atoms with E-state index >= 15 is 0 Å². The Labute approximate surface area is 64.3 Å². The Kier molecular flexibility index (Phi) is 3.57. The van der Waals surface area contributed by atoms with Gasteiger partial charge in [-0.1, -0.05) is 0 Å². The van der Waals surface area contributed by atoms with E-state index in [0.717, 1.165) is 22.7 Å². The Bertz CT molecular complexity index is 40.5. The first-order chi connectivity index (χ1) is 2.56. The summed E-state index contributed by atoms with van der Waals surface area (Å²) in [6.45, 7) is 0. The number of hydrogen-bond donors (Lipinski definition) is 0. The van der Waals surface area contributed by atoms with Gasteiger partial charge in [-0.05, 0) is 0 Å². The number of rotatable bonds is 0. The fourth-order valence-electron chi connectivity index (χ4n) is 0. The van der Waals surface area contributed by atoms with Crippen molar-refractivity contribution in [3.63, 3.8) is 0 Å². The van der Waals surface area contributed by atoms with Crippen LogP contribution in [0.15, 0.2) is 0 Å². The normalized spacial score (nSPS) is 12.0. The van der Waals surface area contributed by atoms with Crippen LogP contribution in [-0.2, 0) is 3.10 Å². The summed E-state index contributed by atoms with van der Waals surface area (Å²) in [5, 5.41) is 0. The monoisotopic (exact) mass is 264 g/mol. The van der Waals surface area contributed by atoms with Gasteiger partial charge in [0.25, 0.3) is 0 Å². The van der Waals surface area contributed by atoms with E-state index in [1.807, 2.05) is 0 Å². The third-order valence-corrected chi connectivity index (χ3v) is 2.08. The second-order valence-corrected chi connectivity index (χ2v) is 3.24. The Hall–Kier alpha value is 1.62. The molecule has 0 N–H and O–H groups in total. The molecule has 1 nitrogen and oxygen atoms in total. The van der Waals surface area contributed by atoms with Crippen LogP contribution < -0.4 is 0 Å². The zero-order chi connectivity index (χ0) is 5.21. The van der Waals surface area contributed by atoms with Crippen LogP contribution >= 0.6 is 34.8 Å². The number of hydrogen-bond acceptors (Lipinski definition) is 1. The average molecular weight is 263 g/mol. The minimum absolute atomic E-state index is 1.00. The first kappa shape index (κ1) is 7.62. The van der Waals surface area contributed by atoms with Gasteiger partial charge >= 0.3 is 64.6 Å². The molecule has 0 aromatic carbocycles. The molecule has 0 saturated heterocycles. The van der Waals surface area contributed by atoms with E-state index in [4.69, 9.17) is 34.8 Å². The van der Waals surface area contributed by atoms with Gasteiger partial charge in [-0.25, -0.2) is 0 Å². The second kappa shape index (κ2) is 2.81. The van der Waals surface area contributed by atoms with E-state index in [-0.39, 0.29) is 0 Å². The van der Waals surface area contributed by atoms with Crippen LogP contribution in [0, 0.1) is 0 Å². The molecule has 0 aromatic heterocycles. The molecule has 0 atom stereocenters. The average Bonchev–Trinajstić information content (AvgIpc) is 1.35. The topological polar surface area (TPSA) is 9.23 Å². The Morgan fingerprint density at radius 3 is 1.50 bits per heavy atom. The van der Waals surface area contributed by atoms with E-state index < -0.39 is 3.98 Å². The predicted octanol–water partition coefficient (Wildman–Crippen LogP) is 1.15.